The van der Waals surface area contributed by atoms with Gasteiger partial charge in [0.1, 0.15) is 24.3 Å². The number of aromatic nitrogens is 4. The summed E-state index contributed by atoms with van der Waals surface area (Å²) in [6.45, 7) is 5.78. The number of sulfonamides is 1. The van der Waals surface area contributed by atoms with Gasteiger partial charge in [-0.25, -0.2) is 32.9 Å². The van der Waals surface area contributed by atoms with Crippen LogP contribution >= 0.6 is 0 Å². The molecule has 0 radical (unpaired) electrons. The highest BCUT2D eigenvalue weighted by molar-refractivity contribution is 7.89. The Morgan fingerprint density at radius 3 is 2.44 bits per heavy atom. The van der Waals surface area contributed by atoms with Gasteiger partial charge in [0.15, 0.2) is 35.1 Å². The zero-order valence-electron chi connectivity index (χ0n) is 26.9. The third-order valence-corrected chi connectivity index (χ3v) is 11.8. The van der Waals surface area contributed by atoms with Gasteiger partial charge in [-0.1, -0.05) is 6.07 Å². The van der Waals surface area contributed by atoms with Gasteiger partial charge in [-0.3, -0.25) is 14.7 Å². The molecule has 256 valence electrons. The number of nitrogens with one attached hydrogen (secondary N) is 3. The predicted molar refractivity (Wildman–Crippen MR) is 169 cm³/mol. The molecule has 6 fully saturated rings. The van der Waals surface area contributed by atoms with Crippen LogP contribution in [0, 0.1) is 17.8 Å². The van der Waals surface area contributed by atoms with Crippen LogP contribution in [-0.2, 0) is 29.0 Å². The maximum Gasteiger partial charge on any atom is 0.418 e. The number of rotatable bonds is 8. The fourth-order valence-electron chi connectivity index (χ4n) is 8.93. The van der Waals surface area contributed by atoms with E-state index in [1.54, 1.807) is 24.5 Å². The Bertz CT molecular complexity index is 1850. The molecule has 4 saturated carbocycles. The average molecular weight is 682 g/mol. The van der Waals surface area contributed by atoms with Crippen molar-refractivity contribution < 1.29 is 37.0 Å². The van der Waals surface area contributed by atoms with E-state index in [9.17, 15) is 18.0 Å². The van der Waals surface area contributed by atoms with Crippen LogP contribution in [0.2, 0.25) is 0 Å². The van der Waals surface area contributed by atoms with Crippen molar-refractivity contribution in [1.82, 2.24) is 29.6 Å². The number of hydrogen-bond acceptors (Lipinski definition) is 11. The van der Waals surface area contributed by atoms with Crippen molar-refractivity contribution >= 4 is 39.0 Å². The van der Waals surface area contributed by atoms with Gasteiger partial charge >= 0.3 is 6.09 Å². The van der Waals surface area contributed by atoms with Crippen molar-refractivity contribution in [3.8, 4) is 5.75 Å². The summed E-state index contributed by atoms with van der Waals surface area (Å²) >= 11 is 0. The second kappa shape index (κ2) is 11.4. The van der Waals surface area contributed by atoms with E-state index in [0.29, 0.717) is 29.9 Å². The number of likely N-dealkylation sites (N-methyl/N-ethyl adjacent to an activating group) is 1. The van der Waals surface area contributed by atoms with E-state index in [0.717, 1.165) is 19.3 Å². The molecule has 0 spiro atoms. The number of amides is 2. The van der Waals surface area contributed by atoms with Crippen molar-refractivity contribution in [3.63, 3.8) is 0 Å². The lowest BCUT2D eigenvalue weighted by Crippen LogP contribution is -2.59. The zero-order chi connectivity index (χ0) is 33.4. The second-order valence-corrected chi connectivity index (χ2v) is 15.9. The minimum atomic E-state index is -3.85. The third kappa shape index (κ3) is 5.62. The van der Waals surface area contributed by atoms with E-state index in [2.05, 4.69) is 30.3 Å². The number of imidazole rings is 1. The van der Waals surface area contributed by atoms with E-state index in [-0.39, 0.29) is 27.9 Å². The maximum absolute atomic E-state index is 13.6. The summed E-state index contributed by atoms with van der Waals surface area (Å²) < 4.78 is 55.6. The second-order valence-electron chi connectivity index (χ2n) is 14.2. The number of nitrogens with zero attached hydrogens (tertiary/aromatic N) is 4. The van der Waals surface area contributed by atoms with Gasteiger partial charge in [0.2, 0.25) is 10.0 Å². The predicted octanol–water partition coefficient (Wildman–Crippen LogP) is 3.24. The van der Waals surface area contributed by atoms with Crippen LogP contribution < -0.4 is 20.1 Å². The number of carbonyl (C=O) groups excluding carboxylic acids is 2. The maximum atomic E-state index is 13.6. The molecule has 2 aliphatic heterocycles. The Balaban J connectivity index is 0.979. The fourth-order valence-corrected chi connectivity index (χ4v) is 10.4. The van der Waals surface area contributed by atoms with Crippen molar-refractivity contribution in [1.29, 1.82) is 0 Å². The molecule has 2 saturated heterocycles. The summed E-state index contributed by atoms with van der Waals surface area (Å²) in [6, 6.07) is 5.90. The normalized spacial score (nSPS) is 33.1. The van der Waals surface area contributed by atoms with E-state index >= 15 is 0 Å². The van der Waals surface area contributed by atoms with Crippen LogP contribution in [-0.4, -0.2) is 76.1 Å². The molecular weight excluding hydrogens is 642 g/mol. The van der Waals surface area contributed by atoms with E-state index in [1.165, 1.54) is 50.1 Å². The largest absolute Gasteiger partial charge is 0.418 e. The van der Waals surface area contributed by atoms with Crippen molar-refractivity contribution in [2.45, 2.75) is 100 Å². The molecule has 4 atom stereocenters. The first-order valence-electron chi connectivity index (χ1n) is 16.5. The summed E-state index contributed by atoms with van der Waals surface area (Å²) in [6.07, 6.45) is 5.04. The summed E-state index contributed by atoms with van der Waals surface area (Å²) in [5.74, 6) is 0.615. The molecule has 4 bridgehead atoms. The first-order valence-corrected chi connectivity index (χ1v) is 18.0. The quantitative estimate of drug-likeness (QED) is 0.317. The van der Waals surface area contributed by atoms with Crippen LogP contribution in [0.1, 0.15) is 65.5 Å². The molecule has 6 aliphatic rings. The molecule has 9 rings (SSSR count). The Labute approximate surface area is 277 Å². The smallest absolute Gasteiger partial charge is 0.410 e. The molecule has 15 nitrogen and oxygen atoms in total. The number of hydrogen-bond donors (Lipinski definition) is 3. The number of ether oxygens (including phenoxy) is 4. The Kier molecular flexibility index (Phi) is 7.52. The van der Waals surface area contributed by atoms with E-state index < -0.39 is 52.0 Å². The highest BCUT2D eigenvalue weighted by atomic mass is 32.2. The molecule has 4 aliphatic carbocycles. The van der Waals surface area contributed by atoms with Crippen LogP contribution in [0.4, 0.5) is 10.6 Å². The highest BCUT2D eigenvalue weighted by Gasteiger charge is 2.58. The zero-order valence-corrected chi connectivity index (χ0v) is 27.7. The molecule has 3 aromatic rings. The minimum Gasteiger partial charge on any atom is -0.410 e. The molecule has 4 heterocycles. The molecule has 1 aromatic carbocycles. The van der Waals surface area contributed by atoms with E-state index in [1.807, 2.05) is 6.92 Å². The molecule has 2 amide bonds. The summed E-state index contributed by atoms with van der Waals surface area (Å²) in [5, 5.41) is 5.36. The lowest BCUT2D eigenvalue weighted by atomic mass is 9.53. The number of benzene rings is 1. The van der Waals surface area contributed by atoms with Crippen molar-refractivity contribution in [2.24, 2.45) is 17.8 Å². The van der Waals surface area contributed by atoms with Crippen LogP contribution in [0.15, 0.2) is 41.8 Å². The fraction of sp³-hybridized carbons (Fsp3) is 0.594. The summed E-state index contributed by atoms with van der Waals surface area (Å²) in [7, 11) is -3.85. The molecule has 48 heavy (non-hydrogen) atoms. The number of carbonyl (C=O) groups is 2. The van der Waals surface area contributed by atoms with Crippen LogP contribution in [0.3, 0.4) is 0 Å². The number of fused-ring (bicyclic) bond motifs is 2. The van der Waals surface area contributed by atoms with Crippen molar-refractivity contribution in [2.75, 3.05) is 11.9 Å². The molecular formula is C32H39N7O8S. The first kappa shape index (κ1) is 31.6. The lowest BCUT2D eigenvalue weighted by molar-refractivity contribution is -0.197. The lowest BCUT2D eigenvalue weighted by Gasteiger charge is -2.56. The molecule has 2 aromatic heterocycles. The van der Waals surface area contributed by atoms with Gasteiger partial charge in [-0.05, 0) is 89.2 Å². The monoisotopic (exact) mass is 681 g/mol. The number of anilines is 1. The van der Waals surface area contributed by atoms with Gasteiger partial charge in [-0.2, -0.15) is 0 Å². The van der Waals surface area contributed by atoms with Gasteiger partial charge in [0.25, 0.3) is 5.91 Å². The SMILES string of the molecule is CCNC(=O)[C@H]1O[C@@H](n2cnc3c(NC(=O)Oc4cccc(S(=O)(=O)NC56CC7CC(CC(C7)C5)C6)c4)ncnc32)[C@@H]2OC(C)(C)O[C@@H]21. The van der Waals surface area contributed by atoms with Gasteiger partial charge in [-0.15, -0.1) is 0 Å². The highest BCUT2D eigenvalue weighted by Crippen LogP contribution is 2.56. The van der Waals surface area contributed by atoms with E-state index in [4.69, 9.17) is 18.9 Å². The molecule has 16 heteroatoms. The summed E-state index contributed by atoms with van der Waals surface area (Å²) in [5.41, 5.74) is 0.160. The Hall–Kier alpha value is -3.70. The van der Waals surface area contributed by atoms with Gasteiger partial charge in [0, 0.05) is 18.2 Å². The average Bonchev–Trinajstić information content (AvgIpc) is 3.67. The topological polar surface area (TPSA) is 185 Å². The Morgan fingerprint density at radius 1 is 1.02 bits per heavy atom. The Morgan fingerprint density at radius 2 is 1.73 bits per heavy atom. The van der Waals surface area contributed by atoms with Gasteiger partial charge in [0.05, 0.1) is 11.2 Å². The molecule has 0 unspecified atom stereocenters. The third-order valence-electron chi connectivity index (χ3n) is 10.2. The van der Waals surface area contributed by atoms with Crippen LogP contribution in [0.5, 0.6) is 5.75 Å². The standard InChI is InChI=1S/C32H39N7O8S/c1-4-33-28(40)24-23-25(47-31(2,3)46-23)29(45-24)39-16-36-22-26(34-15-35-27(22)39)37-30(41)44-20-6-5-7-21(11-20)48(42,43)38-32-12-17-8-18(13-32)10-19(9-17)14-32/h5-7,11,15-19,23-25,29,38H,4,8-10,12-14H2,1-3H3,(H,33,40)(H,34,35,37,41)/t17?,18?,19?,23-,24+,25-,29-,32?/m1/s1. The summed E-state index contributed by atoms with van der Waals surface area (Å²) in [4.78, 5) is 38.8. The van der Waals surface area contributed by atoms with Crippen molar-refractivity contribution in [3.05, 3.63) is 36.9 Å². The van der Waals surface area contributed by atoms with Gasteiger partial charge < -0.3 is 24.3 Å². The van der Waals surface area contributed by atoms with Crippen LogP contribution in [0.25, 0.3) is 11.2 Å². The minimum absolute atomic E-state index is 0.0359. The first-order chi connectivity index (χ1) is 22.9. The molecule has 3 N–H and O–H groups in total.